The van der Waals surface area contributed by atoms with E-state index in [1.165, 1.54) is 0 Å². The first kappa shape index (κ1) is 18.4. The highest BCUT2D eigenvalue weighted by molar-refractivity contribution is 6.08. The number of carbonyl (C=O) groups is 3. The highest BCUT2D eigenvalue weighted by atomic mass is 16.2. The number of hydrogen-bond donors (Lipinski definition) is 2. The summed E-state index contributed by atoms with van der Waals surface area (Å²) in [7, 11) is 0. The Morgan fingerprint density at radius 3 is 2.42 bits per heavy atom. The van der Waals surface area contributed by atoms with Gasteiger partial charge in [0, 0.05) is 13.1 Å². The molecular weight excluding hydrogens is 332 g/mol. The van der Waals surface area contributed by atoms with Gasteiger partial charge in [-0.25, -0.2) is 4.79 Å². The Morgan fingerprint density at radius 1 is 1.19 bits per heavy atom. The van der Waals surface area contributed by atoms with Crippen LogP contribution in [0.3, 0.4) is 0 Å². The van der Waals surface area contributed by atoms with E-state index in [9.17, 15) is 14.4 Å². The third-order valence-electron chi connectivity index (χ3n) is 5.09. The number of nitrogens with one attached hydrogen (secondary N) is 2. The molecule has 0 unspecified atom stereocenters. The Morgan fingerprint density at radius 2 is 1.81 bits per heavy atom. The average Bonchev–Trinajstić information content (AvgIpc) is 2.79. The van der Waals surface area contributed by atoms with Crippen molar-refractivity contribution in [1.29, 1.82) is 0 Å². The van der Waals surface area contributed by atoms with Gasteiger partial charge in [-0.1, -0.05) is 44.2 Å². The molecule has 2 saturated heterocycles. The number of piperidine rings is 1. The highest BCUT2D eigenvalue weighted by Crippen LogP contribution is 2.27. The topological polar surface area (TPSA) is 81.8 Å². The minimum atomic E-state index is -1.18. The number of hydrogen-bond acceptors (Lipinski definition) is 4. The Hall–Kier alpha value is -2.41. The molecule has 2 aliphatic rings. The quantitative estimate of drug-likeness (QED) is 0.799. The second-order valence-electron chi connectivity index (χ2n) is 7.74. The fourth-order valence-corrected chi connectivity index (χ4v) is 3.99. The lowest BCUT2D eigenvalue weighted by Gasteiger charge is -2.34. The Balaban J connectivity index is 1.65. The van der Waals surface area contributed by atoms with E-state index >= 15 is 0 Å². The molecule has 0 radical (unpaired) electrons. The number of carbonyl (C=O) groups excluding carboxylic acids is 3. The zero-order chi connectivity index (χ0) is 18.9. The molecule has 1 aromatic rings. The van der Waals surface area contributed by atoms with Gasteiger partial charge in [-0.05, 0) is 30.7 Å². The predicted octanol–water partition coefficient (Wildman–Crippen LogP) is 1.46. The maximum atomic E-state index is 12.8. The van der Waals surface area contributed by atoms with Crippen LogP contribution >= 0.6 is 0 Å². The first-order chi connectivity index (χ1) is 12.3. The van der Waals surface area contributed by atoms with E-state index in [4.69, 9.17) is 0 Å². The summed E-state index contributed by atoms with van der Waals surface area (Å²) in [5.41, 5.74) is 1.97. The number of urea groups is 1. The van der Waals surface area contributed by atoms with Gasteiger partial charge in [0.25, 0.3) is 11.8 Å². The molecule has 2 fully saturated rings. The second kappa shape index (κ2) is 7.07. The van der Waals surface area contributed by atoms with Crippen molar-refractivity contribution in [2.45, 2.75) is 32.7 Å². The number of imide groups is 1. The van der Waals surface area contributed by atoms with E-state index in [0.29, 0.717) is 17.4 Å². The molecule has 3 rings (SSSR count). The van der Waals surface area contributed by atoms with Gasteiger partial charge >= 0.3 is 6.03 Å². The van der Waals surface area contributed by atoms with Crippen molar-refractivity contribution in [3.8, 4) is 0 Å². The van der Waals surface area contributed by atoms with Crippen LogP contribution in [0.1, 0.15) is 32.8 Å². The van der Waals surface area contributed by atoms with Crippen LogP contribution in [0.5, 0.6) is 0 Å². The van der Waals surface area contributed by atoms with Gasteiger partial charge in [0.1, 0.15) is 5.54 Å². The first-order valence-corrected chi connectivity index (χ1v) is 9.03. The van der Waals surface area contributed by atoms with Gasteiger partial charge in [0.15, 0.2) is 0 Å². The van der Waals surface area contributed by atoms with Crippen molar-refractivity contribution >= 4 is 17.8 Å². The standard InChI is InChI=1S/C19H26N4O3/c1-13-9-14(2)11-22(10-13)12-16(24)21-23-17(25)19(3,20-18(23)26)15-7-5-4-6-8-15/h4-8,13-14H,9-12H2,1-3H3,(H,20,26)(H,21,24)/t13-,14-,19+/m0/s1. The maximum Gasteiger partial charge on any atom is 0.344 e. The molecule has 0 spiro atoms. The normalized spacial score (nSPS) is 29.6. The van der Waals surface area contributed by atoms with E-state index in [1.807, 2.05) is 6.07 Å². The molecule has 7 heteroatoms. The molecule has 140 valence electrons. The lowest BCUT2D eigenvalue weighted by molar-refractivity contribution is -0.139. The molecule has 4 amide bonds. The highest BCUT2D eigenvalue weighted by Gasteiger charge is 2.50. The Bertz CT molecular complexity index is 698. The summed E-state index contributed by atoms with van der Waals surface area (Å²) in [6.45, 7) is 7.85. The van der Waals surface area contributed by atoms with Crippen LogP contribution in [-0.4, -0.2) is 47.4 Å². The summed E-state index contributed by atoms with van der Waals surface area (Å²) in [5.74, 6) is 0.226. The average molecular weight is 358 g/mol. The lowest BCUT2D eigenvalue weighted by atomic mass is 9.92. The molecule has 1 aromatic carbocycles. The molecule has 7 nitrogen and oxygen atoms in total. The summed E-state index contributed by atoms with van der Waals surface area (Å²) in [6.07, 6.45) is 1.15. The zero-order valence-electron chi connectivity index (χ0n) is 15.5. The smallest absolute Gasteiger partial charge is 0.318 e. The summed E-state index contributed by atoms with van der Waals surface area (Å²) >= 11 is 0. The molecule has 2 aliphatic heterocycles. The van der Waals surface area contributed by atoms with Crippen molar-refractivity contribution in [3.05, 3.63) is 35.9 Å². The van der Waals surface area contributed by atoms with Crippen molar-refractivity contribution in [3.63, 3.8) is 0 Å². The van der Waals surface area contributed by atoms with E-state index in [2.05, 4.69) is 29.5 Å². The molecule has 26 heavy (non-hydrogen) atoms. The van der Waals surface area contributed by atoms with Crippen LogP contribution in [0.25, 0.3) is 0 Å². The number of nitrogens with zero attached hydrogens (tertiary/aromatic N) is 2. The first-order valence-electron chi connectivity index (χ1n) is 9.03. The molecular formula is C19H26N4O3. The van der Waals surface area contributed by atoms with Crippen LogP contribution in [0, 0.1) is 11.8 Å². The third-order valence-corrected chi connectivity index (χ3v) is 5.09. The Labute approximate surface area is 153 Å². The number of amides is 4. The molecule has 0 aromatic heterocycles. The van der Waals surface area contributed by atoms with Crippen LogP contribution in [0.15, 0.2) is 30.3 Å². The van der Waals surface area contributed by atoms with Crippen LogP contribution in [0.4, 0.5) is 4.79 Å². The molecule has 2 heterocycles. The van der Waals surface area contributed by atoms with Crippen LogP contribution in [0.2, 0.25) is 0 Å². The fourth-order valence-electron chi connectivity index (χ4n) is 3.99. The van der Waals surface area contributed by atoms with Crippen molar-refractivity contribution in [2.75, 3.05) is 19.6 Å². The number of likely N-dealkylation sites (tertiary alicyclic amines) is 1. The van der Waals surface area contributed by atoms with Crippen molar-refractivity contribution in [1.82, 2.24) is 20.7 Å². The van der Waals surface area contributed by atoms with Crippen molar-refractivity contribution in [2.24, 2.45) is 11.8 Å². The summed E-state index contributed by atoms with van der Waals surface area (Å²) in [5, 5.41) is 3.48. The number of benzene rings is 1. The molecule has 0 aliphatic carbocycles. The van der Waals surface area contributed by atoms with Gasteiger partial charge in [-0.15, -0.1) is 0 Å². The molecule has 3 atom stereocenters. The van der Waals surface area contributed by atoms with Gasteiger partial charge in [0.2, 0.25) is 0 Å². The predicted molar refractivity (Wildman–Crippen MR) is 96.7 cm³/mol. The summed E-state index contributed by atoms with van der Waals surface area (Å²) < 4.78 is 0. The maximum absolute atomic E-state index is 12.8. The van der Waals surface area contributed by atoms with E-state index in [0.717, 1.165) is 24.5 Å². The van der Waals surface area contributed by atoms with Gasteiger partial charge in [-0.3, -0.25) is 19.9 Å². The monoisotopic (exact) mass is 358 g/mol. The summed E-state index contributed by atoms with van der Waals surface area (Å²) in [4.78, 5) is 39.5. The van der Waals surface area contributed by atoms with E-state index < -0.39 is 17.5 Å². The number of rotatable bonds is 4. The SMILES string of the molecule is C[C@H]1C[C@H](C)CN(CC(=O)NN2C(=O)N[C@](C)(c3ccccc3)C2=O)C1. The minimum Gasteiger partial charge on any atom is -0.318 e. The largest absolute Gasteiger partial charge is 0.344 e. The van der Waals surface area contributed by atoms with Crippen LogP contribution < -0.4 is 10.7 Å². The lowest BCUT2D eigenvalue weighted by Crippen LogP contribution is -2.52. The third kappa shape index (κ3) is 3.58. The minimum absolute atomic E-state index is 0.174. The molecule has 0 bridgehead atoms. The van der Waals surface area contributed by atoms with E-state index in [1.54, 1.807) is 31.2 Å². The second-order valence-corrected chi connectivity index (χ2v) is 7.74. The number of hydrazine groups is 1. The van der Waals surface area contributed by atoms with Crippen LogP contribution in [-0.2, 0) is 15.1 Å². The summed E-state index contributed by atoms with van der Waals surface area (Å²) in [6, 6.07) is 8.39. The van der Waals surface area contributed by atoms with Crippen molar-refractivity contribution < 1.29 is 14.4 Å². The molecule has 0 saturated carbocycles. The zero-order valence-corrected chi connectivity index (χ0v) is 15.5. The fraction of sp³-hybridized carbons (Fsp3) is 0.526. The Kier molecular flexibility index (Phi) is 5.00. The van der Waals surface area contributed by atoms with Gasteiger partial charge in [-0.2, -0.15) is 5.01 Å². The van der Waals surface area contributed by atoms with Gasteiger partial charge < -0.3 is 5.32 Å². The molecule has 2 N–H and O–H groups in total. The van der Waals surface area contributed by atoms with Gasteiger partial charge in [0.05, 0.1) is 6.54 Å². The van der Waals surface area contributed by atoms with E-state index in [-0.39, 0.29) is 12.5 Å².